The molecule has 1 heterocycles. The second kappa shape index (κ2) is 5.01. The van der Waals surface area contributed by atoms with Gasteiger partial charge in [-0.1, -0.05) is 12.1 Å². The highest BCUT2D eigenvalue weighted by Gasteiger charge is 2.08. The van der Waals surface area contributed by atoms with Gasteiger partial charge < -0.3 is 15.5 Å². The molecule has 0 fully saturated rings. The molecule has 0 spiro atoms. The number of rotatable bonds is 3. The maximum absolute atomic E-state index is 11.4. The number of amides is 1. The molecule has 0 aliphatic carbocycles. The van der Waals surface area contributed by atoms with Gasteiger partial charge in [0.05, 0.1) is 6.04 Å². The van der Waals surface area contributed by atoms with E-state index in [1.807, 2.05) is 12.1 Å². The van der Waals surface area contributed by atoms with Crippen molar-refractivity contribution in [3.63, 3.8) is 0 Å². The van der Waals surface area contributed by atoms with Crippen molar-refractivity contribution >= 4 is 11.6 Å². The Morgan fingerprint density at radius 3 is 2.56 bits per heavy atom. The number of nitrogens with one attached hydrogen (secondary N) is 1. The maximum Gasteiger partial charge on any atom is 0.240 e. The molecule has 0 saturated heterocycles. The molecular formula is C13H15N3O2. The zero-order valence-corrected chi connectivity index (χ0v) is 10.3. The quantitative estimate of drug-likeness (QED) is 0.865. The number of carbonyl (C=O) groups is 1. The van der Waals surface area contributed by atoms with Gasteiger partial charge in [-0.25, -0.2) is 4.98 Å². The molecule has 5 nitrogen and oxygen atoms in total. The molecule has 0 unspecified atom stereocenters. The minimum atomic E-state index is -0.525. The third-order valence-electron chi connectivity index (χ3n) is 2.48. The van der Waals surface area contributed by atoms with Crippen LogP contribution in [0.4, 0.5) is 5.69 Å². The first-order valence-corrected chi connectivity index (χ1v) is 5.65. The SMILES string of the molecule is Cc1nc(-c2ccc(NC(=O)[C@H](C)N)cc2)co1. The van der Waals surface area contributed by atoms with Gasteiger partial charge in [-0.15, -0.1) is 0 Å². The number of nitrogens with zero attached hydrogens (tertiary/aromatic N) is 1. The second-order valence-electron chi connectivity index (χ2n) is 4.11. The van der Waals surface area contributed by atoms with Gasteiger partial charge in [0.25, 0.3) is 0 Å². The molecule has 94 valence electrons. The summed E-state index contributed by atoms with van der Waals surface area (Å²) in [5.74, 6) is 0.416. The van der Waals surface area contributed by atoms with Gasteiger partial charge in [-0.05, 0) is 19.1 Å². The van der Waals surface area contributed by atoms with Crippen LogP contribution in [0, 0.1) is 6.92 Å². The van der Waals surface area contributed by atoms with Crippen LogP contribution in [-0.4, -0.2) is 16.9 Å². The summed E-state index contributed by atoms with van der Waals surface area (Å²) in [5.41, 5.74) is 7.89. The lowest BCUT2D eigenvalue weighted by Crippen LogP contribution is -2.32. The minimum absolute atomic E-state index is 0.208. The second-order valence-corrected chi connectivity index (χ2v) is 4.11. The summed E-state index contributed by atoms with van der Waals surface area (Å²) in [6.07, 6.45) is 1.60. The molecule has 2 rings (SSSR count). The Kier molecular flexibility index (Phi) is 3.43. The van der Waals surface area contributed by atoms with Crippen LogP contribution in [-0.2, 0) is 4.79 Å². The van der Waals surface area contributed by atoms with Gasteiger partial charge in [0.2, 0.25) is 5.91 Å². The highest BCUT2D eigenvalue weighted by atomic mass is 16.3. The number of hydrogen-bond donors (Lipinski definition) is 2. The van der Waals surface area contributed by atoms with E-state index in [4.69, 9.17) is 10.2 Å². The van der Waals surface area contributed by atoms with Crippen LogP contribution in [0.3, 0.4) is 0 Å². The van der Waals surface area contributed by atoms with Crippen molar-refractivity contribution in [1.29, 1.82) is 0 Å². The van der Waals surface area contributed by atoms with Crippen molar-refractivity contribution in [1.82, 2.24) is 4.98 Å². The lowest BCUT2D eigenvalue weighted by Gasteiger charge is -2.07. The first-order valence-electron chi connectivity index (χ1n) is 5.65. The number of carbonyl (C=O) groups excluding carboxylic acids is 1. The molecule has 0 aliphatic rings. The molecule has 0 saturated carbocycles. The van der Waals surface area contributed by atoms with Crippen LogP contribution in [0.1, 0.15) is 12.8 Å². The third kappa shape index (κ3) is 2.75. The number of anilines is 1. The number of oxazole rings is 1. The average Bonchev–Trinajstić information content (AvgIpc) is 2.76. The van der Waals surface area contributed by atoms with E-state index in [0.717, 1.165) is 11.3 Å². The van der Waals surface area contributed by atoms with E-state index in [1.54, 1.807) is 32.2 Å². The molecule has 1 amide bonds. The topological polar surface area (TPSA) is 81.2 Å². The number of aromatic nitrogens is 1. The molecule has 0 radical (unpaired) electrons. The third-order valence-corrected chi connectivity index (χ3v) is 2.48. The molecule has 1 aromatic carbocycles. The molecule has 1 atom stereocenters. The summed E-state index contributed by atoms with van der Waals surface area (Å²) in [4.78, 5) is 15.6. The van der Waals surface area contributed by atoms with Crippen LogP contribution in [0.5, 0.6) is 0 Å². The van der Waals surface area contributed by atoms with Gasteiger partial charge >= 0.3 is 0 Å². The molecule has 0 bridgehead atoms. The summed E-state index contributed by atoms with van der Waals surface area (Å²) < 4.78 is 5.15. The number of aryl methyl sites for hydroxylation is 1. The molecule has 5 heteroatoms. The lowest BCUT2D eigenvalue weighted by atomic mass is 10.1. The highest BCUT2D eigenvalue weighted by Crippen LogP contribution is 2.20. The van der Waals surface area contributed by atoms with Crippen LogP contribution in [0.15, 0.2) is 34.9 Å². The van der Waals surface area contributed by atoms with E-state index >= 15 is 0 Å². The Morgan fingerprint density at radius 2 is 2.06 bits per heavy atom. The fourth-order valence-electron chi connectivity index (χ4n) is 1.48. The first kappa shape index (κ1) is 12.3. The maximum atomic E-state index is 11.4. The van der Waals surface area contributed by atoms with E-state index in [9.17, 15) is 4.79 Å². The van der Waals surface area contributed by atoms with Crippen molar-refractivity contribution in [3.05, 3.63) is 36.4 Å². The molecule has 3 N–H and O–H groups in total. The molecule has 18 heavy (non-hydrogen) atoms. The van der Waals surface area contributed by atoms with Crippen LogP contribution in [0.25, 0.3) is 11.3 Å². The zero-order chi connectivity index (χ0) is 13.1. The first-order chi connectivity index (χ1) is 8.56. The lowest BCUT2D eigenvalue weighted by molar-refractivity contribution is -0.117. The normalized spacial score (nSPS) is 12.2. The van der Waals surface area contributed by atoms with Gasteiger partial charge in [0, 0.05) is 18.2 Å². The van der Waals surface area contributed by atoms with E-state index in [1.165, 1.54) is 0 Å². The van der Waals surface area contributed by atoms with E-state index < -0.39 is 6.04 Å². The molecule has 0 aliphatic heterocycles. The predicted molar refractivity (Wildman–Crippen MR) is 69.0 cm³/mol. The molecule has 2 aromatic rings. The van der Waals surface area contributed by atoms with Crippen LogP contribution < -0.4 is 11.1 Å². The Bertz CT molecular complexity index is 544. The minimum Gasteiger partial charge on any atom is -0.449 e. The van der Waals surface area contributed by atoms with Crippen molar-refractivity contribution in [3.8, 4) is 11.3 Å². The van der Waals surface area contributed by atoms with E-state index in [2.05, 4.69) is 10.3 Å². The van der Waals surface area contributed by atoms with Crippen molar-refractivity contribution in [2.24, 2.45) is 5.73 Å². The van der Waals surface area contributed by atoms with Gasteiger partial charge in [-0.2, -0.15) is 0 Å². The Balaban J connectivity index is 2.13. The van der Waals surface area contributed by atoms with Crippen molar-refractivity contribution < 1.29 is 9.21 Å². The number of benzene rings is 1. The summed E-state index contributed by atoms with van der Waals surface area (Å²) in [6, 6.07) is 6.82. The molecular weight excluding hydrogens is 230 g/mol. The Hall–Kier alpha value is -2.14. The largest absolute Gasteiger partial charge is 0.449 e. The van der Waals surface area contributed by atoms with Gasteiger partial charge in [0.15, 0.2) is 5.89 Å². The average molecular weight is 245 g/mol. The summed E-state index contributed by atoms with van der Waals surface area (Å²) in [7, 11) is 0. The van der Waals surface area contributed by atoms with Crippen LogP contribution in [0.2, 0.25) is 0 Å². The van der Waals surface area contributed by atoms with Gasteiger partial charge in [-0.3, -0.25) is 4.79 Å². The van der Waals surface area contributed by atoms with Crippen molar-refractivity contribution in [2.75, 3.05) is 5.32 Å². The summed E-state index contributed by atoms with van der Waals surface area (Å²) >= 11 is 0. The zero-order valence-electron chi connectivity index (χ0n) is 10.3. The fourth-order valence-corrected chi connectivity index (χ4v) is 1.48. The number of nitrogens with two attached hydrogens (primary N) is 1. The van der Waals surface area contributed by atoms with Crippen LogP contribution >= 0.6 is 0 Å². The van der Waals surface area contributed by atoms with Crippen molar-refractivity contribution in [2.45, 2.75) is 19.9 Å². The summed E-state index contributed by atoms with van der Waals surface area (Å²) in [5, 5.41) is 2.72. The predicted octanol–water partition coefficient (Wildman–Crippen LogP) is 1.94. The van der Waals surface area contributed by atoms with Gasteiger partial charge in [0.1, 0.15) is 12.0 Å². The van der Waals surface area contributed by atoms with E-state index in [0.29, 0.717) is 11.6 Å². The highest BCUT2D eigenvalue weighted by molar-refractivity contribution is 5.94. The Labute approximate surface area is 105 Å². The molecule has 1 aromatic heterocycles. The van der Waals surface area contributed by atoms with E-state index in [-0.39, 0.29) is 5.91 Å². The number of hydrogen-bond acceptors (Lipinski definition) is 4. The standard InChI is InChI=1S/C13H15N3O2/c1-8(14)13(17)16-11-5-3-10(4-6-11)12-7-18-9(2)15-12/h3-8H,14H2,1-2H3,(H,16,17)/t8-/m0/s1. The fraction of sp³-hybridized carbons (Fsp3) is 0.231. The monoisotopic (exact) mass is 245 g/mol. The summed E-state index contributed by atoms with van der Waals surface area (Å²) in [6.45, 7) is 3.43. The Morgan fingerprint density at radius 1 is 1.39 bits per heavy atom. The smallest absolute Gasteiger partial charge is 0.240 e.